The molecule has 1 aromatic carbocycles. The van der Waals surface area contributed by atoms with Gasteiger partial charge in [0.1, 0.15) is 0 Å². The Morgan fingerprint density at radius 3 is 2.85 bits per heavy atom. The van der Waals surface area contributed by atoms with Crippen molar-refractivity contribution in [3.8, 4) is 0 Å². The normalized spacial score (nSPS) is 11.8. The Morgan fingerprint density at radius 1 is 1.30 bits per heavy atom. The molecular formula is C16H23N3O. The molecule has 0 aliphatic rings. The summed E-state index contributed by atoms with van der Waals surface area (Å²) in [5.41, 5.74) is 8.87. The van der Waals surface area contributed by atoms with E-state index in [1.807, 2.05) is 24.3 Å². The van der Waals surface area contributed by atoms with Crippen LogP contribution in [0.4, 0.5) is 11.4 Å². The first-order valence-electron chi connectivity index (χ1n) is 6.89. The van der Waals surface area contributed by atoms with Gasteiger partial charge in [0, 0.05) is 37.5 Å². The lowest BCUT2D eigenvalue weighted by Gasteiger charge is -2.25. The first-order chi connectivity index (χ1) is 9.53. The average molecular weight is 273 g/mol. The zero-order valence-corrected chi connectivity index (χ0v) is 12.4. The Bertz CT molecular complexity index is 581. The highest BCUT2D eigenvalue weighted by Gasteiger charge is 2.17. The fourth-order valence-corrected chi connectivity index (χ4v) is 2.14. The number of benzene rings is 1. The molecule has 0 atom stereocenters. The molecule has 0 radical (unpaired) electrons. The van der Waals surface area contributed by atoms with Gasteiger partial charge >= 0.3 is 0 Å². The molecule has 0 fully saturated rings. The van der Waals surface area contributed by atoms with Crippen LogP contribution in [0.15, 0.2) is 30.5 Å². The van der Waals surface area contributed by atoms with Crippen molar-refractivity contribution in [2.45, 2.75) is 20.3 Å². The molecule has 0 saturated heterocycles. The van der Waals surface area contributed by atoms with E-state index in [4.69, 9.17) is 10.5 Å². The summed E-state index contributed by atoms with van der Waals surface area (Å²) < 4.78 is 5.16. The average Bonchev–Trinajstić information content (AvgIpc) is 2.45. The molecule has 1 heterocycles. The van der Waals surface area contributed by atoms with Gasteiger partial charge in [-0.2, -0.15) is 0 Å². The van der Waals surface area contributed by atoms with Crippen molar-refractivity contribution in [2.75, 3.05) is 31.3 Å². The summed E-state index contributed by atoms with van der Waals surface area (Å²) in [7, 11) is 1.74. The first kappa shape index (κ1) is 14.6. The van der Waals surface area contributed by atoms with E-state index in [1.54, 1.807) is 13.3 Å². The number of hydrogen-bond acceptors (Lipinski definition) is 4. The summed E-state index contributed by atoms with van der Waals surface area (Å²) >= 11 is 0. The number of fused-ring (bicyclic) bond motifs is 1. The summed E-state index contributed by atoms with van der Waals surface area (Å²) in [6.07, 6.45) is 2.81. The molecule has 2 aromatic rings. The van der Waals surface area contributed by atoms with Crippen LogP contribution in [0.2, 0.25) is 0 Å². The van der Waals surface area contributed by atoms with Gasteiger partial charge in [-0.05, 0) is 36.1 Å². The predicted molar refractivity (Wildman–Crippen MR) is 84.9 cm³/mol. The zero-order chi connectivity index (χ0) is 14.6. The Morgan fingerprint density at radius 2 is 2.10 bits per heavy atom. The predicted octanol–water partition coefficient (Wildman–Crippen LogP) is 3.29. The van der Waals surface area contributed by atoms with E-state index in [2.05, 4.69) is 24.1 Å². The summed E-state index contributed by atoms with van der Waals surface area (Å²) in [5.74, 6) is 0. The molecule has 20 heavy (non-hydrogen) atoms. The lowest BCUT2D eigenvalue weighted by Crippen LogP contribution is -2.24. The maximum absolute atomic E-state index is 5.99. The van der Waals surface area contributed by atoms with E-state index in [-0.39, 0.29) is 5.41 Å². The zero-order valence-electron chi connectivity index (χ0n) is 12.4. The maximum atomic E-state index is 5.99. The largest absolute Gasteiger partial charge is 0.398 e. The first-order valence-corrected chi connectivity index (χ1v) is 6.89. The quantitative estimate of drug-likeness (QED) is 0.793. The number of anilines is 2. The van der Waals surface area contributed by atoms with Crippen LogP contribution >= 0.6 is 0 Å². The minimum atomic E-state index is 0.165. The molecule has 0 saturated carbocycles. The van der Waals surface area contributed by atoms with Gasteiger partial charge in [0.25, 0.3) is 0 Å². The SMILES string of the molecule is COCCC(C)(C)CNc1ccc(N)c2cccnc12. The molecule has 2 rings (SSSR count). The Labute approximate surface area is 120 Å². The van der Waals surface area contributed by atoms with Gasteiger partial charge in [-0.1, -0.05) is 13.8 Å². The fourth-order valence-electron chi connectivity index (χ4n) is 2.14. The summed E-state index contributed by atoms with van der Waals surface area (Å²) in [4.78, 5) is 4.44. The highest BCUT2D eigenvalue weighted by molar-refractivity contribution is 5.98. The second kappa shape index (κ2) is 6.09. The molecule has 0 aliphatic carbocycles. The van der Waals surface area contributed by atoms with Crippen LogP contribution in [0.1, 0.15) is 20.3 Å². The highest BCUT2D eigenvalue weighted by atomic mass is 16.5. The van der Waals surface area contributed by atoms with E-state index in [0.717, 1.165) is 41.9 Å². The van der Waals surface area contributed by atoms with Gasteiger partial charge in [-0.3, -0.25) is 4.98 Å². The standard InChI is InChI=1S/C16H23N3O/c1-16(2,8-10-20-3)11-19-14-7-6-13(17)12-5-4-9-18-15(12)14/h4-7,9,19H,8,10-11,17H2,1-3H3. The molecule has 0 unspecified atom stereocenters. The Hall–Kier alpha value is -1.81. The van der Waals surface area contributed by atoms with Crippen LogP contribution in [0.3, 0.4) is 0 Å². The summed E-state index contributed by atoms with van der Waals surface area (Å²) in [5, 5.41) is 4.48. The van der Waals surface area contributed by atoms with E-state index in [0.29, 0.717) is 0 Å². The third kappa shape index (κ3) is 3.39. The van der Waals surface area contributed by atoms with Gasteiger partial charge in [-0.25, -0.2) is 0 Å². The van der Waals surface area contributed by atoms with E-state index < -0.39 is 0 Å². The molecule has 0 spiro atoms. The topological polar surface area (TPSA) is 60.2 Å². The lowest BCUT2D eigenvalue weighted by molar-refractivity contribution is 0.157. The van der Waals surface area contributed by atoms with Gasteiger partial charge < -0.3 is 15.8 Å². The number of nitrogens with one attached hydrogen (secondary N) is 1. The number of hydrogen-bond donors (Lipinski definition) is 2. The minimum Gasteiger partial charge on any atom is -0.398 e. The number of methoxy groups -OCH3 is 1. The number of nitrogen functional groups attached to an aromatic ring is 1. The molecular weight excluding hydrogens is 250 g/mol. The van der Waals surface area contributed by atoms with Crippen LogP contribution in [0.25, 0.3) is 10.9 Å². The third-order valence-corrected chi connectivity index (χ3v) is 3.54. The van der Waals surface area contributed by atoms with Crippen molar-refractivity contribution in [3.63, 3.8) is 0 Å². The van der Waals surface area contributed by atoms with Gasteiger partial charge in [0.2, 0.25) is 0 Å². The van der Waals surface area contributed by atoms with Crippen LogP contribution in [-0.2, 0) is 4.74 Å². The van der Waals surface area contributed by atoms with Gasteiger partial charge in [0.15, 0.2) is 0 Å². The number of nitrogens with zero attached hydrogens (tertiary/aromatic N) is 1. The van der Waals surface area contributed by atoms with Crippen molar-refractivity contribution in [1.82, 2.24) is 4.98 Å². The fraction of sp³-hybridized carbons (Fsp3) is 0.438. The molecule has 1 aromatic heterocycles. The van der Waals surface area contributed by atoms with Crippen LogP contribution in [0.5, 0.6) is 0 Å². The molecule has 0 bridgehead atoms. The van der Waals surface area contributed by atoms with Crippen molar-refractivity contribution < 1.29 is 4.74 Å². The second-order valence-corrected chi connectivity index (χ2v) is 5.86. The van der Waals surface area contributed by atoms with Gasteiger partial charge in [-0.15, -0.1) is 0 Å². The van der Waals surface area contributed by atoms with Crippen molar-refractivity contribution in [2.24, 2.45) is 5.41 Å². The summed E-state index contributed by atoms with van der Waals surface area (Å²) in [6, 6.07) is 7.83. The summed E-state index contributed by atoms with van der Waals surface area (Å²) in [6.45, 7) is 6.10. The van der Waals surface area contributed by atoms with Crippen molar-refractivity contribution >= 4 is 22.3 Å². The number of nitrogens with two attached hydrogens (primary N) is 1. The van der Waals surface area contributed by atoms with Crippen LogP contribution in [-0.4, -0.2) is 25.2 Å². The maximum Gasteiger partial charge on any atom is 0.0953 e. The minimum absolute atomic E-state index is 0.165. The van der Waals surface area contributed by atoms with Crippen LogP contribution < -0.4 is 11.1 Å². The number of rotatable bonds is 6. The van der Waals surface area contributed by atoms with E-state index in [9.17, 15) is 0 Å². The smallest absolute Gasteiger partial charge is 0.0953 e. The third-order valence-electron chi connectivity index (χ3n) is 3.54. The molecule has 4 nitrogen and oxygen atoms in total. The molecule has 0 amide bonds. The Kier molecular flexibility index (Phi) is 4.45. The van der Waals surface area contributed by atoms with Crippen LogP contribution in [0, 0.1) is 5.41 Å². The van der Waals surface area contributed by atoms with E-state index in [1.165, 1.54) is 0 Å². The lowest BCUT2D eigenvalue weighted by atomic mass is 9.89. The highest BCUT2D eigenvalue weighted by Crippen LogP contribution is 2.28. The molecule has 3 N–H and O–H groups in total. The van der Waals surface area contributed by atoms with E-state index >= 15 is 0 Å². The number of pyridine rings is 1. The Balaban J connectivity index is 2.16. The number of aromatic nitrogens is 1. The second-order valence-electron chi connectivity index (χ2n) is 5.86. The monoisotopic (exact) mass is 273 g/mol. The van der Waals surface area contributed by atoms with Gasteiger partial charge in [0.05, 0.1) is 11.2 Å². The number of ether oxygens (including phenoxy) is 1. The molecule has 4 heteroatoms. The molecule has 108 valence electrons. The molecule has 0 aliphatic heterocycles. The van der Waals surface area contributed by atoms with Crippen molar-refractivity contribution in [3.05, 3.63) is 30.5 Å². The van der Waals surface area contributed by atoms with Crippen molar-refractivity contribution in [1.29, 1.82) is 0 Å².